The molecule has 94 valence electrons. The second-order valence-electron chi connectivity index (χ2n) is 4.26. The Hall–Kier alpha value is -1.07. The third-order valence-corrected chi connectivity index (χ3v) is 2.92. The minimum atomic E-state index is -4.33. The summed E-state index contributed by atoms with van der Waals surface area (Å²) in [6.45, 7) is 1.17. The van der Waals surface area contributed by atoms with Gasteiger partial charge in [-0.3, -0.25) is 0 Å². The minimum absolute atomic E-state index is 0.169. The maximum absolute atomic E-state index is 12.3. The highest BCUT2D eigenvalue weighted by atomic mass is 19.4. The standard InChI is InChI=1S/C12H14F3NO/c13-12(14,15)11(16)6-8-1-2-10-7-17-4-3-9(10)5-8/h1-2,5,11H,3-4,6-7,16H2. The van der Waals surface area contributed by atoms with Crippen molar-refractivity contribution in [3.8, 4) is 0 Å². The van der Waals surface area contributed by atoms with Gasteiger partial charge < -0.3 is 10.5 Å². The number of alkyl halides is 3. The van der Waals surface area contributed by atoms with Crippen LogP contribution in [-0.2, 0) is 24.2 Å². The Balaban J connectivity index is 2.12. The summed E-state index contributed by atoms with van der Waals surface area (Å²) in [6.07, 6.45) is -3.75. The van der Waals surface area contributed by atoms with Gasteiger partial charge >= 0.3 is 6.18 Å². The first-order valence-electron chi connectivity index (χ1n) is 5.47. The van der Waals surface area contributed by atoms with E-state index >= 15 is 0 Å². The van der Waals surface area contributed by atoms with E-state index in [1.165, 1.54) is 0 Å². The molecule has 5 heteroatoms. The van der Waals surface area contributed by atoms with E-state index in [9.17, 15) is 13.2 Å². The molecule has 1 aliphatic heterocycles. The van der Waals surface area contributed by atoms with Crippen LogP contribution in [0.5, 0.6) is 0 Å². The molecule has 2 N–H and O–H groups in total. The molecule has 1 atom stereocenters. The predicted molar refractivity (Wildman–Crippen MR) is 57.5 cm³/mol. The molecule has 0 bridgehead atoms. The van der Waals surface area contributed by atoms with Crippen LogP contribution >= 0.6 is 0 Å². The van der Waals surface area contributed by atoms with Crippen molar-refractivity contribution < 1.29 is 17.9 Å². The van der Waals surface area contributed by atoms with E-state index in [-0.39, 0.29) is 6.42 Å². The second kappa shape index (κ2) is 4.66. The number of nitrogens with two attached hydrogens (primary N) is 1. The molecule has 0 radical (unpaired) electrons. The molecule has 1 unspecified atom stereocenters. The van der Waals surface area contributed by atoms with Crippen LogP contribution in [0.25, 0.3) is 0 Å². The molecule has 17 heavy (non-hydrogen) atoms. The van der Waals surface area contributed by atoms with E-state index in [1.807, 2.05) is 12.1 Å². The topological polar surface area (TPSA) is 35.2 Å². The van der Waals surface area contributed by atoms with Crippen molar-refractivity contribution in [2.24, 2.45) is 5.73 Å². The van der Waals surface area contributed by atoms with Gasteiger partial charge in [-0.1, -0.05) is 18.2 Å². The Kier molecular flexibility index (Phi) is 3.40. The minimum Gasteiger partial charge on any atom is -0.376 e. The van der Waals surface area contributed by atoms with Crippen molar-refractivity contribution in [1.29, 1.82) is 0 Å². The molecule has 1 aromatic rings. The SMILES string of the molecule is NC(Cc1ccc2c(c1)CCOC2)C(F)(F)F. The highest BCUT2D eigenvalue weighted by molar-refractivity contribution is 5.33. The Morgan fingerprint density at radius 2 is 2.06 bits per heavy atom. The van der Waals surface area contributed by atoms with E-state index in [0.717, 1.165) is 17.5 Å². The molecule has 1 heterocycles. The smallest absolute Gasteiger partial charge is 0.376 e. The lowest BCUT2D eigenvalue weighted by molar-refractivity contribution is -0.147. The maximum atomic E-state index is 12.3. The summed E-state index contributed by atoms with van der Waals surface area (Å²) < 4.78 is 42.3. The van der Waals surface area contributed by atoms with Crippen LogP contribution in [0.15, 0.2) is 18.2 Å². The predicted octanol–water partition coefficient (Wildman–Crippen LogP) is 2.19. The monoisotopic (exact) mass is 245 g/mol. The van der Waals surface area contributed by atoms with E-state index in [1.54, 1.807) is 6.07 Å². The van der Waals surface area contributed by atoms with Gasteiger partial charge in [-0.25, -0.2) is 0 Å². The molecule has 0 amide bonds. The zero-order chi connectivity index (χ0) is 12.5. The van der Waals surface area contributed by atoms with Crippen LogP contribution in [0.2, 0.25) is 0 Å². The molecule has 0 spiro atoms. The van der Waals surface area contributed by atoms with Crippen molar-refractivity contribution in [2.75, 3.05) is 6.61 Å². The van der Waals surface area contributed by atoms with Crippen molar-refractivity contribution in [3.63, 3.8) is 0 Å². The molecule has 0 saturated heterocycles. The van der Waals surface area contributed by atoms with Gasteiger partial charge in [-0.05, 0) is 29.5 Å². The van der Waals surface area contributed by atoms with E-state index in [2.05, 4.69) is 0 Å². The lowest BCUT2D eigenvalue weighted by atomic mass is 9.97. The number of halogens is 3. The normalized spacial score (nSPS) is 17.6. The molecular weight excluding hydrogens is 231 g/mol. The summed E-state index contributed by atoms with van der Waals surface area (Å²) in [5.41, 5.74) is 7.87. The highest BCUT2D eigenvalue weighted by Crippen LogP contribution is 2.23. The lowest BCUT2D eigenvalue weighted by Crippen LogP contribution is -2.39. The van der Waals surface area contributed by atoms with E-state index in [0.29, 0.717) is 18.8 Å². The Morgan fingerprint density at radius 1 is 1.29 bits per heavy atom. The highest BCUT2D eigenvalue weighted by Gasteiger charge is 2.36. The second-order valence-corrected chi connectivity index (χ2v) is 4.26. The number of hydrogen-bond donors (Lipinski definition) is 1. The van der Waals surface area contributed by atoms with Gasteiger partial charge in [0.1, 0.15) is 6.04 Å². The summed E-state index contributed by atoms with van der Waals surface area (Å²) in [4.78, 5) is 0. The molecule has 0 aromatic heterocycles. The van der Waals surface area contributed by atoms with Crippen molar-refractivity contribution in [3.05, 3.63) is 34.9 Å². The fourth-order valence-electron chi connectivity index (χ4n) is 1.91. The number of fused-ring (bicyclic) bond motifs is 1. The first-order valence-corrected chi connectivity index (χ1v) is 5.47. The first-order chi connectivity index (χ1) is 7.97. The van der Waals surface area contributed by atoms with Crippen molar-refractivity contribution in [2.45, 2.75) is 31.7 Å². The van der Waals surface area contributed by atoms with Crippen LogP contribution in [0.3, 0.4) is 0 Å². The van der Waals surface area contributed by atoms with Crippen LogP contribution in [0, 0.1) is 0 Å². The quantitative estimate of drug-likeness (QED) is 0.866. The van der Waals surface area contributed by atoms with Gasteiger partial charge in [0.2, 0.25) is 0 Å². The van der Waals surface area contributed by atoms with Gasteiger partial charge in [-0.15, -0.1) is 0 Å². The summed E-state index contributed by atoms with van der Waals surface area (Å²) in [5.74, 6) is 0. The zero-order valence-corrected chi connectivity index (χ0v) is 9.26. The fraction of sp³-hybridized carbons (Fsp3) is 0.500. The lowest BCUT2D eigenvalue weighted by Gasteiger charge is -2.19. The van der Waals surface area contributed by atoms with Gasteiger partial charge in [0.15, 0.2) is 0 Å². The average Bonchev–Trinajstić information content (AvgIpc) is 2.27. The van der Waals surface area contributed by atoms with Crippen LogP contribution in [0.4, 0.5) is 13.2 Å². The third-order valence-electron chi connectivity index (χ3n) is 2.92. The molecule has 0 aliphatic carbocycles. The summed E-state index contributed by atoms with van der Waals surface area (Å²) in [5, 5.41) is 0. The zero-order valence-electron chi connectivity index (χ0n) is 9.26. The summed E-state index contributed by atoms with van der Waals surface area (Å²) in [6, 6.07) is 3.54. The Labute approximate surface area is 97.6 Å². The third kappa shape index (κ3) is 2.98. The number of rotatable bonds is 2. The number of ether oxygens (including phenoxy) is 1. The van der Waals surface area contributed by atoms with E-state index < -0.39 is 12.2 Å². The first kappa shape index (κ1) is 12.4. The molecule has 0 fully saturated rings. The summed E-state index contributed by atoms with van der Waals surface area (Å²) in [7, 11) is 0. The Bertz CT molecular complexity index is 403. The summed E-state index contributed by atoms with van der Waals surface area (Å²) >= 11 is 0. The van der Waals surface area contributed by atoms with Crippen molar-refractivity contribution in [1.82, 2.24) is 0 Å². The molecular formula is C12H14F3NO. The van der Waals surface area contributed by atoms with Gasteiger partial charge in [-0.2, -0.15) is 13.2 Å². The molecule has 2 rings (SSSR count). The maximum Gasteiger partial charge on any atom is 0.403 e. The largest absolute Gasteiger partial charge is 0.403 e. The molecule has 1 aromatic carbocycles. The molecule has 0 saturated carbocycles. The van der Waals surface area contributed by atoms with Gasteiger partial charge in [0, 0.05) is 0 Å². The van der Waals surface area contributed by atoms with Crippen LogP contribution in [-0.4, -0.2) is 18.8 Å². The number of benzene rings is 1. The van der Waals surface area contributed by atoms with Crippen molar-refractivity contribution >= 4 is 0 Å². The average molecular weight is 245 g/mol. The van der Waals surface area contributed by atoms with Crippen LogP contribution < -0.4 is 5.73 Å². The Morgan fingerprint density at radius 3 is 2.76 bits per heavy atom. The van der Waals surface area contributed by atoms with Gasteiger partial charge in [0.25, 0.3) is 0 Å². The van der Waals surface area contributed by atoms with E-state index in [4.69, 9.17) is 10.5 Å². The van der Waals surface area contributed by atoms with Crippen LogP contribution in [0.1, 0.15) is 16.7 Å². The fourth-order valence-corrected chi connectivity index (χ4v) is 1.91. The molecule has 2 nitrogen and oxygen atoms in total. The molecule has 1 aliphatic rings. The van der Waals surface area contributed by atoms with Gasteiger partial charge in [0.05, 0.1) is 13.2 Å². The number of hydrogen-bond acceptors (Lipinski definition) is 2.